The Hall–Kier alpha value is -2.43. The van der Waals surface area contributed by atoms with Crippen LogP contribution in [0.3, 0.4) is 0 Å². The molecule has 0 saturated carbocycles. The Morgan fingerprint density at radius 1 is 0.338 bits per heavy atom. The van der Waals surface area contributed by atoms with Crippen LogP contribution >= 0.6 is 0 Å². The molecule has 0 aliphatic heterocycles. The molecule has 0 saturated heterocycles. The number of carbonyl (C=O) groups is 1. The van der Waals surface area contributed by atoms with E-state index in [4.69, 9.17) is 0 Å². The molecule has 74 heavy (non-hydrogen) atoms. The Morgan fingerprint density at radius 3 is 0.946 bits per heavy atom. The van der Waals surface area contributed by atoms with Crippen LogP contribution in [0.15, 0.2) is 85.1 Å². The summed E-state index contributed by atoms with van der Waals surface area (Å²) in [4.78, 5) is 12.5. The fourth-order valence-corrected chi connectivity index (χ4v) is 9.91. The summed E-state index contributed by atoms with van der Waals surface area (Å²) in [7, 11) is 0. The summed E-state index contributed by atoms with van der Waals surface area (Å²) >= 11 is 0. The van der Waals surface area contributed by atoms with Crippen LogP contribution in [-0.2, 0) is 4.79 Å². The highest BCUT2D eigenvalue weighted by Crippen LogP contribution is 2.18. The number of amides is 1. The number of unbranched alkanes of at least 4 members (excludes halogenated alkanes) is 41. The first-order valence-corrected chi connectivity index (χ1v) is 32.8. The van der Waals surface area contributed by atoms with Crippen molar-refractivity contribution in [2.24, 2.45) is 0 Å². The van der Waals surface area contributed by atoms with Crippen molar-refractivity contribution in [1.29, 1.82) is 0 Å². The number of rotatable bonds is 60. The normalized spacial score (nSPS) is 13.3. The van der Waals surface area contributed by atoms with Crippen molar-refractivity contribution < 1.29 is 15.0 Å². The fraction of sp³-hybridized carbons (Fsp3) is 0.786. The average Bonchev–Trinajstić information content (AvgIpc) is 3.40. The van der Waals surface area contributed by atoms with Gasteiger partial charge in [0.15, 0.2) is 0 Å². The summed E-state index contributed by atoms with van der Waals surface area (Å²) in [5, 5.41) is 23.2. The van der Waals surface area contributed by atoms with Gasteiger partial charge in [-0.1, -0.05) is 330 Å². The second kappa shape index (κ2) is 64.9. The molecule has 0 aliphatic rings. The molecule has 4 nitrogen and oxygen atoms in total. The number of carbonyl (C=O) groups excluding carboxylic acids is 1. The van der Waals surface area contributed by atoms with Crippen LogP contribution < -0.4 is 5.32 Å². The van der Waals surface area contributed by atoms with Crippen LogP contribution in [0, 0.1) is 0 Å². The number of hydrogen-bond donors (Lipinski definition) is 3. The summed E-state index contributed by atoms with van der Waals surface area (Å²) in [5.74, 6) is -0.0740. The number of aliphatic hydroxyl groups is 2. The van der Waals surface area contributed by atoms with Crippen molar-refractivity contribution in [2.45, 2.75) is 347 Å². The van der Waals surface area contributed by atoms with Gasteiger partial charge in [-0.3, -0.25) is 4.79 Å². The van der Waals surface area contributed by atoms with E-state index in [1.807, 2.05) is 6.08 Å². The number of allylic oxidation sites excluding steroid dienone is 13. The van der Waals surface area contributed by atoms with Gasteiger partial charge in [0.05, 0.1) is 18.8 Å². The molecule has 0 fully saturated rings. The zero-order chi connectivity index (χ0) is 53.4. The molecule has 0 heterocycles. The molecule has 0 spiro atoms. The summed E-state index contributed by atoms with van der Waals surface area (Å²) < 4.78 is 0. The summed E-state index contributed by atoms with van der Waals surface area (Å²) in [5.41, 5.74) is 0. The van der Waals surface area contributed by atoms with Crippen molar-refractivity contribution in [3.63, 3.8) is 0 Å². The molecule has 0 bridgehead atoms. The minimum absolute atomic E-state index is 0.0740. The molecule has 0 aliphatic carbocycles. The van der Waals surface area contributed by atoms with Gasteiger partial charge in [-0.05, 0) is 83.5 Å². The topological polar surface area (TPSA) is 69.6 Å². The van der Waals surface area contributed by atoms with Gasteiger partial charge in [0.2, 0.25) is 5.91 Å². The molecule has 0 aromatic rings. The maximum atomic E-state index is 12.5. The Bertz CT molecular complexity index is 1310. The third-order valence-corrected chi connectivity index (χ3v) is 14.8. The quantitative estimate of drug-likeness (QED) is 0.0420. The molecule has 4 heteroatoms. The van der Waals surface area contributed by atoms with E-state index >= 15 is 0 Å². The van der Waals surface area contributed by atoms with Crippen molar-refractivity contribution >= 4 is 5.91 Å². The lowest BCUT2D eigenvalue weighted by atomic mass is 10.0. The van der Waals surface area contributed by atoms with Crippen LogP contribution in [0.1, 0.15) is 335 Å². The third-order valence-electron chi connectivity index (χ3n) is 14.8. The van der Waals surface area contributed by atoms with Gasteiger partial charge in [-0.25, -0.2) is 0 Å². The van der Waals surface area contributed by atoms with Crippen LogP contribution in [-0.4, -0.2) is 34.9 Å². The van der Waals surface area contributed by atoms with Crippen LogP contribution in [0.2, 0.25) is 0 Å². The van der Waals surface area contributed by atoms with E-state index in [9.17, 15) is 15.0 Å². The third kappa shape index (κ3) is 60.4. The zero-order valence-electron chi connectivity index (χ0n) is 49.6. The van der Waals surface area contributed by atoms with Gasteiger partial charge in [0, 0.05) is 6.42 Å². The Labute approximate surface area is 462 Å². The van der Waals surface area contributed by atoms with E-state index in [0.29, 0.717) is 6.42 Å². The van der Waals surface area contributed by atoms with Crippen molar-refractivity contribution in [3.05, 3.63) is 85.1 Å². The molecular weight excluding hydrogens is 903 g/mol. The molecule has 0 radical (unpaired) electrons. The number of aliphatic hydroxyl groups excluding tert-OH is 2. The van der Waals surface area contributed by atoms with Crippen LogP contribution in [0.25, 0.3) is 0 Å². The smallest absolute Gasteiger partial charge is 0.220 e. The molecule has 2 unspecified atom stereocenters. The highest BCUT2D eigenvalue weighted by atomic mass is 16.3. The van der Waals surface area contributed by atoms with Gasteiger partial charge in [-0.2, -0.15) is 0 Å². The monoisotopic (exact) mass is 1030 g/mol. The molecule has 0 rings (SSSR count). The number of hydrogen-bond acceptors (Lipinski definition) is 3. The Morgan fingerprint density at radius 2 is 0.608 bits per heavy atom. The lowest BCUT2D eigenvalue weighted by Gasteiger charge is -2.19. The molecule has 1 amide bonds. The molecule has 0 aromatic carbocycles. The van der Waals surface area contributed by atoms with Crippen molar-refractivity contribution in [3.8, 4) is 0 Å². The molecule has 3 N–H and O–H groups in total. The standard InChI is InChI=1S/C70H127NO3/c1-3-5-7-9-11-13-15-17-19-21-23-25-27-29-31-32-33-34-35-36-37-38-40-42-44-46-48-50-52-54-56-58-60-62-64-66-70(74)71-68(67-72)69(73)65-63-61-59-57-55-53-51-49-47-45-43-41-39-30-28-26-24-22-20-18-16-14-12-10-8-6-4-2/h5,7,11,13,17,19,23,25,47,49,55,57,63,65,68-69,72-73H,3-4,6,8-10,12,14-16,18,20-22,24,26-46,48,50-54,56,58-62,64,66-67H2,1-2H3,(H,71,74)/b7-5-,13-11-,19-17-,25-23-,49-47+,57-55+,65-63+. The lowest BCUT2D eigenvalue weighted by Crippen LogP contribution is -2.45. The first kappa shape index (κ1) is 71.6. The predicted octanol–water partition coefficient (Wildman–Crippen LogP) is 22.3. The molecular formula is C70H127NO3. The maximum Gasteiger partial charge on any atom is 0.220 e. The first-order chi connectivity index (χ1) is 36.7. The second-order valence-electron chi connectivity index (χ2n) is 22.1. The van der Waals surface area contributed by atoms with Gasteiger partial charge in [0.25, 0.3) is 0 Å². The minimum atomic E-state index is -0.874. The number of nitrogens with one attached hydrogen (secondary N) is 1. The first-order valence-electron chi connectivity index (χ1n) is 32.8. The van der Waals surface area contributed by atoms with E-state index < -0.39 is 12.1 Å². The molecule has 2 atom stereocenters. The summed E-state index contributed by atoms with van der Waals surface area (Å²) in [6, 6.07) is -0.649. The fourth-order valence-electron chi connectivity index (χ4n) is 9.91. The summed E-state index contributed by atoms with van der Waals surface area (Å²) in [6.45, 7) is 4.21. The van der Waals surface area contributed by atoms with Crippen LogP contribution in [0.4, 0.5) is 0 Å². The predicted molar refractivity (Wildman–Crippen MR) is 331 cm³/mol. The lowest BCUT2D eigenvalue weighted by molar-refractivity contribution is -0.123. The maximum absolute atomic E-state index is 12.5. The average molecular weight is 1030 g/mol. The Kier molecular flexibility index (Phi) is 62.7. The van der Waals surface area contributed by atoms with Crippen molar-refractivity contribution in [1.82, 2.24) is 5.32 Å². The van der Waals surface area contributed by atoms with E-state index in [1.165, 1.54) is 250 Å². The highest BCUT2D eigenvalue weighted by molar-refractivity contribution is 5.76. The van der Waals surface area contributed by atoms with E-state index in [1.54, 1.807) is 6.08 Å². The minimum Gasteiger partial charge on any atom is -0.394 e. The van der Waals surface area contributed by atoms with Gasteiger partial charge < -0.3 is 15.5 Å². The zero-order valence-corrected chi connectivity index (χ0v) is 49.6. The van der Waals surface area contributed by atoms with E-state index in [2.05, 4.69) is 92.1 Å². The van der Waals surface area contributed by atoms with Crippen molar-refractivity contribution in [2.75, 3.05) is 6.61 Å². The van der Waals surface area contributed by atoms with E-state index in [-0.39, 0.29) is 12.5 Å². The van der Waals surface area contributed by atoms with Gasteiger partial charge in [-0.15, -0.1) is 0 Å². The van der Waals surface area contributed by atoms with E-state index in [0.717, 1.165) is 64.2 Å². The Balaban J connectivity index is 3.50. The highest BCUT2D eigenvalue weighted by Gasteiger charge is 2.18. The van der Waals surface area contributed by atoms with Gasteiger partial charge in [0.1, 0.15) is 0 Å². The largest absolute Gasteiger partial charge is 0.394 e. The van der Waals surface area contributed by atoms with Gasteiger partial charge >= 0.3 is 0 Å². The SMILES string of the molecule is CC/C=C\C/C=C\C/C=C\C/C=C\CCCCCCCCCCCCCCCCCCCCCCCCC(=O)NC(CO)C(O)/C=C/CC/C=C/CC/C=C/CCCCCCCCCCCCCCCCCCC. The molecule has 430 valence electrons. The summed E-state index contributed by atoms with van der Waals surface area (Å²) in [6.07, 6.45) is 95.1. The second-order valence-corrected chi connectivity index (χ2v) is 22.1. The molecule has 0 aromatic heterocycles. The van der Waals surface area contributed by atoms with Crippen LogP contribution in [0.5, 0.6) is 0 Å².